The Morgan fingerprint density at radius 3 is 2.19 bits per heavy atom. The lowest BCUT2D eigenvalue weighted by atomic mass is 9.97. The largest absolute Gasteiger partial charge is 0.497 e. The standard InChI is InChI=1S/C23H30N2O5S/c1-4-22(17-7-9-19(29-2)10-8-17)24-23(26)18-6-5-15-25(16-18)31(27,28)21-13-11-20(30-3)12-14-21/h7-14,18,22H,4-6,15-16H2,1-3H3,(H,24,26)/t18-,22+/m1/s1. The quantitative estimate of drug-likeness (QED) is 0.672. The average Bonchev–Trinajstić information content (AvgIpc) is 2.82. The summed E-state index contributed by atoms with van der Waals surface area (Å²) in [5.41, 5.74) is 0.996. The van der Waals surface area contributed by atoms with E-state index in [0.29, 0.717) is 25.1 Å². The lowest BCUT2D eigenvalue weighted by molar-refractivity contribution is -0.126. The van der Waals surface area contributed by atoms with Gasteiger partial charge in [-0.1, -0.05) is 19.1 Å². The SMILES string of the molecule is CC[C@H](NC(=O)[C@@H]1CCCN(S(=O)(=O)c2ccc(OC)cc2)C1)c1ccc(OC)cc1. The molecule has 31 heavy (non-hydrogen) atoms. The van der Waals surface area contributed by atoms with Crippen LogP contribution in [0.2, 0.25) is 0 Å². The van der Waals surface area contributed by atoms with Crippen LogP contribution < -0.4 is 14.8 Å². The Morgan fingerprint density at radius 1 is 1.06 bits per heavy atom. The van der Waals surface area contributed by atoms with E-state index in [1.54, 1.807) is 19.2 Å². The van der Waals surface area contributed by atoms with Gasteiger partial charge in [-0.2, -0.15) is 4.31 Å². The zero-order chi connectivity index (χ0) is 22.4. The minimum Gasteiger partial charge on any atom is -0.497 e. The van der Waals surface area contributed by atoms with Crippen LogP contribution in [0.15, 0.2) is 53.4 Å². The predicted octanol–water partition coefficient (Wildman–Crippen LogP) is 3.37. The zero-order valence-corrected chi connectivity index (χ0v) is 19.0. The van der Waals surface area contributed by atoms with Crippen LogP contribution in [0.4, 0.5) is 0 Å². The van der Waals surface area contributed by atoms with Crippen molar-refractivity contribution >= 4 is 15.9 Å². The fraction of sp³-hybridized carbons (Fsp3) is 0.435. The molecular weight excluding hydrogens is 416 g/mol. The second kappa shape index (κ2) is 10.2. The molecule has 1 heterocycles. The number of ether oxygens (including phenoxy) is 2. The number of hydrogen-bond acceptors (Lipinski definition) is 5. The Labute approximate surface area is 184 Å². The Hall–Kier alpha value is -2.58. The molecule has 0 saturated carbocycles. The molecule has 0 aromatic heterocycles. The first-order valence-corrected chi connectivity index (χ1v) is 11.9. The maximum atomic E-state index is 13.1. The number of carbonyl (C=O) groups is 1. The van der Waals surface area contributed by atoms with Crippen molar-refractivity contribution in [2.75, 3.05) is 27.3 Å². The molecule has 1 aliphatic heterocycles. The van der Waals surface area contributed by atoms with Crippen molar-refractivity contribution in [1.82, 2.24) is 9.62 Å². The van der Waals surface area contributed by atoms with Crippen molar-refractivity contribution in [3.8, 4) is 11.5 Å². The third-order valence-electron chi connectivity index (χ3n) is 5.70. The van der Waals surface area contributed by atoms with E-state index >= 15 is 0 Å². The van der Waals surface area contributed by atoms with Crippen molar-refractivity contribution in [2.45, 2.75) is 37.1 Å². The van der Waals surface area contributed by atoms with Gasteiger partial charge in [0, 0.05) is 13.1 Å². The van der Waals surface area contributed by atoms with Gasteiger partial charge in [0.05, 0.1) is 31.1 Å². The highest BCUT2D eigenvalue weighted by molar-refractivity contribution is 7.89. The van der Waals surface area contributed by atoms with Crippen molar-refractivity contribution in [3.63, 3.8) is 0 Å². The van der Waals surface area contributed by atoms with E-state index in [1.807, 2.05) is 31.2 Å². The van der Waals surface area contributed by atoms with Gasteiger partial charge in [0.25, 0.3) is 0 Å². The van der Waals surface area contributed by atoms with Gasteiger partial charge in [-0.15, -0.1) is 0 Å². The van der Waals surface area contributed by atoms with E-state index in [-0.39, 0.29) is 29.3 Å². The molecule has 1 fully saturated rings. The summed E-state index contributed by atoms with van der Waals surface area (Å²) in [4.78, 5) is 13.2. The summed E-state index contributed by atoms with van der Waals surface area (Å²) in [6, 6.07) is 13.8. The Bertz CT molecular complexity index is 974. The second-order valence-corrected chi connectivity index (χ2v) is 9.56. The highest BCUT2D eigenvalue weighted by Crippen LogP contribution is 2.27. The first kappa shape index (κ1) is 23.1. The monoisotopic (exact) mass is 446 g/mol. The number of nitrogens with zero attached hydrogens (tertiary/aromatic N) is 1. The molecule has 2 atom stereocenters. The third kappa shape index (κ3) is 5.37. The van der Waals surface area contributed by atoms with Crippen molar-refractivity contribution in [1.29, 1.82) is 0 Å². The van der Waals surface area contributed by atoms with Gasteiger partial charge in [-0.3, -0.25) is 4.79 Å². The third-order valence-corrected chi connectivity index (χ3v) is 7.57. The van der Waals surface area contributed by atoms with Crippen molar-refractivity contribution in [2.24, 2.45) is 5.92 Å². The molecule has 2 aromatic rings. The molecule has 168 valence electrons. The summed E-state index contributed by atoms with van der Waals surface area (Å²) in [5, 5.41) is 3.10. The lowest BCUT2D eigenvalue weighted by Gasteiger charge is -2.32. The summed E-state index contributed by atoms with van der Waals surface area (Å²) < 4.78 is 37.8. The van der Waals surface area contributed by atoms with Crippen LogP contribution in [0, 0.1) is 5.92 Å². The minimum absolute atomic E-state index is 0.114. The normalized spacial score (nSPS) is 18.2. The smallest absolute Gasteiger partial charge is 0.243 e. The number of methoxy groups -OCH3 is 2. The van der Waals surface area contributed by atoms with Gasteiger partial charge in [0.1, 0.15) is 11.5 Å². The van der Waals surface area contributed by atoms with Crippen LogP contribution in [-0.4, -0.2) is 45.9 Å². The fourth-order valence-corrected chi connectivity index (χ4v) is 5.34. The summed E-state index contributed by atoms with van der Waals surface area (Å²) in [6.45, 7) is 2.60. The lowest BCUT2D eigenvalue weighted by Crippen LogP contribution is -2.46. The molecule has 0 bridgehead atoms. The van der Waals surface area contributed by atoms with Gasteiger partial charge < -0.3 is 14.8 Å². The number of carbonyl (C=O) groups excluding carboxylic acids is 1. The Balaban J connectivity index is 1.68. The van der Waals surface area contributed by atoms with Gasteiger partial charge >= 0.3 is 0 Å². The van der Waals surface area contributed by atoms with E-state index in [9.17, 15) is 13.2 Å². The predicted molar refractivity (Wildman–Crippen MR) is 119 cm³/mol. The highest BCUT2D eigenvalue weighted by Gasteiger charge is 2.34. The maximum absolute atomic E-state index is 13.1. The molecule has 2 aromatic carbocycles. The Morgan fingerprint density at radius 2 is 1.65 bits per heavy atom. The second-order valence-electron chi connectivity index (χ2n) is 7.62. The van der Waals surface area contributed by atoms with Crippen LogP contribution in [0.25, 0.3) is 0 Å². The molecule has 1 aliphatic rings. The summed E-state index contributed by atoms with van der Waals surface area (Å²) in [7, 11) is -0.515. The summed E-state index contributed by atoms with van der Waals surface area (Å²) in [5.74, 6) is 0.863. The van der Waals surface area contributed by atoms with E-state index in [4.69, 9.17) is 9.47 Å². The van der Waals surface area contributed by atoms with Crippen molar-refractivity contribution in [3.05, 3.63) is 54.1 Å². The minimum atomic E-state index is -3.66. The number of piperidine rings is 1. The Kier molecular flexibility index (Phi) is 7.56. The first-order valence-electron chi connectivity index (χ1n) is 10.5. The van der Waals surface area contributed by atoms with Gasteiger partial charge in [-0.05, 0) is 61.2 Å². The van der Waals surface area contributed by atoms with E-state index in [0.717, 1.165) is 17.7 Å². The van der Waals surface area contributed by atoms with Crippen LogP contribution in [0.1, 0.15) is 37.8 Å². The van der Waals surface area contributed by atoms with Crippen LogP contribution in [0.3, 0.4) is 0 Å². The molecule has 8 heteroatoms. The number of nitrogens with one attached hydrogen (secondary N) is 1. The van der Waals surface area contributed by atoms with Crippen LogP contribution >= 0.6 is 0 Å². The molecule has 7 nitrogen and oxygen atoms in total. The summed E-state index contributed by atoms with van der Waals surface area (Å²) in [6.07, 6.45) is 2.05. The molecule has 1 saturated heterocycles. The van der Waals surface area contributed by atoms with Gasteiger partial charge in [0.15, 0.2) is 0 Å². The van der Waals surface area contributed by atoms with E-state index < -0.39 is 10.0 Å². The molecular formula is C23H30N2O5S. The molecule has 0 radical (unpaired) electrons. The number of hydrogen-bond donors (Lipinski definition) is 1. The van der Waals surface area contributed by atoms with E-state index in [1.165, 1.54) is 23.5 Å². The molecule has 0 spiro atoms. The number of benzene rings is 2. The van der Waals surface area contributed by atoms with Crippen LogP contribution in [-0.2, 0) is 14.8 Å². The number of amides is 1. The van der Waals surface area contributed by atoms with Gasteiger partial charge in [-0.25, -0.2) is 8.42 Å². The molecule has 0 aliphatic carbocycles. The first-order chi connectivity index (χ1) is 14.9. The van der Waals surface area contributed by atoms with Crippen LogP contribution in [0.5, 0.6) is 11.5 Å². The fourth-order valence-electron chi connectivity index (χ4n) is 3.82. The zero-order valence-electron chi connectivity index (χ0n) is 18.2. The molecule has 0 unspecified atom stereocenters. The average molecular weight is 447 g/mol. The van der Waals surface area contributed by atoms with Crippen molar-refractivity contribution < 1.29 is 22.7 Å². The molecule has 3 rings (SSSR count). The summed E-state index contributed by atoms with van der Waals surface area (Å²) >= 11 is 0. The topological polar surface area (TPSA) is 84.9 Å². The number of sulfonamides is 1. The highest BCUT2D eigenvalue weighted by atomic mass is 32.2. The maximum Gasteiger partial charge on any atom is 0.243 e. The molecule has 1 amide bonds. The van der Waals surface area contributed by atoms with E-state index in [2.05, 4.69) is 5.32 Å². The number of rotatable bonds is 8. The van der Waals surface area contributed by atoms with Gasteiger partial charge in [0.2, 0.25) is 15.9 Å². The molecule has 1 N–H and O–H groups in total.